The van der Waals surface area contributed by atoms with Crippen molar-refractivity contribution < 1.29 is 18.7 Å². The average Bonchev–Trinajstić information content (AvgIpc) is 3.77. The van der Waals surface area contributed by atoms with Gasteiger partial charge in [-0.1, -0.05) is 32.9 Å². The first-order valence-corrected chi connectivity index (χ1v) is 16.5. The molecule has 0 bridgehead atoms. The number of para-hydroxylation sites is 1. The molecule has 0 atom stereocenters. The van der Waals surface area contributed by atoms with E-state index in [1.807, 2.05) is 22.5 Å². The number of nitrogens with one attached hydrogen (secondary N) is 1. The van der Waals surface area contributed by atoms with Crippen molar-refractivity contribution in [3.63, 3.8) is 0 Å². The lowest BCUT2D eigenvalue weighted by molar-refractivity contribution is -0.121. The quantitative estimate of drug-likeness (QED) is 0.208. The third-order valence-electron chi connectivity index (χ3n) is 8.33. The van der Waals surface area contributed by atoms with E-state index in [1.165, 1.54) is 17.7 Å². The number of hydrogen-bond acceptors (Lipinski definition) is 10. The van der Waals surface area contributed by atoms with E-state index < -0.39 is 0 Å². The van der Waals surface area contributed by atoms with Gasteiger partial charge in [0.05, 0.1) is 12.7 Å². The Hall–Kier alpha value is -5.04. The Kier molecular flexibility index (Phi) is 9.34. The predicted molar refractivity (Wildman–Crippen MR) is 182 cm³/mol. The minimum Gasteiger partial charge on any atom is -0.481 e. The molecule has 6 rings (SSSR count). The molecule has 1 saturated heterocycles. The second kappa shape index (κ2) is 13.8. The van der Waals surface area contributed by atoms with Crippen LogP contribution >= 0.6 is 11.3 Å². The van der Waals surface area contributed by atoms with Crippen LogP contribution in [0.1, 0.15) is 49.2 Å². The SMILES string of the molecule is C=C(CCCC)NC(=O)Cn1c(CC)c(N2CCN(C(=O)c3cccc4ncoc34)CC2)c(=O)c2sc(-c3ccnc(OC)c3)nc21. The lowest BCUT2D eigenvalue weighted by atomic mass is 10.1. The largest absolute Gasteiger partial charge is 0.481 e. The Morgan fingerprint density at radius 1 is 1.13 bits per heavy atom. The molecule has 1 fully saturated rings. The minimum atomic E-state index is -0.228. The first kappa shape index (κ1) is 31.9. The molecule has 13 heteroatoms. The molecule has 47 heavy (non-hydrogen) atoms. The van der Waals surface area contributed by atoms with Crippen molar-refractivity contribution >= 4 is 50.3 Å². The molecular formula is C34H37N7O5S. The number of anilines is 1. The molecular weight excluding hydrogens is 618 g/mol. The van der Waals surface area contributed by atoms with E-state index in [4.69, 9.17) is 14.1 Å². The van der Waals surface area contributed by atoms with Gasteiger partial charge in [-0.2, -0.15) is 0 Å². The number of allylic oxidation sites excluding steroid dienone is 1. The molecule has 0 spiro atoms. The number of pyridine rings is 2. The number of fused-ring (bicyclic) bond motifs is 2. The third kappa shape index (κ3) is 6.35. The van der Waals surface area contributed by atoms with Gasteiger partial charge in [-0.15, -0.1) is 11.3 Å². The number of hydrogen-bond donors (Lipinski definition) is 1. The first-order chi connectivity index (χ1) is 22.8. The van der Waals surface area contributed by atoms with Crippen molar-refractivity contribution in [3.8, 4) is 16.5 Å². The van der Waals surface area contributed by atoms with Crippen LogP contribution in [0.15, 0.2) is 64.4 Å². The fourth-order valence-electron chi connectivity index (χ4n) is 5.96. The van der Waals surface area contributed by atoms with Gasteiger partial charge in [0.2, 0.25) is 17.2 Å². The molecule has 1 aliphatic rings. The van der Waals surface area contributed by atoms with E-state index in [9.17, 15) is 14.4 Å². The number of oxazole rings is 1. The summed E-state index contributed by atoms with van der Waals surface area (Å²) in [6, 6.07) is 8.93. The van der Waals surface area contributed by atoms with E-state index in [0.29, 0.717) is 94.0 Å². The summed E-state index contributed by atoms with van der Waals surface area (Å²) in [5.74, 6) is 0.0631. The van der Waals surface area contributed by atoms with Gasteiger partial charge in [-0.25, -0.2) is 15.0 Å². The van der Waals surface area contributed by atoms with E-state index in [1.54, 1.807) is 42.5 Å². The Balaban J connectivity index is 1.36. The Morgan fingerprint density at radius 2 is 1.94 bits per heavy atom. The number of amides is 2. The number of nitrogens with zero attached hydrogens (tertiary/aromatic N) is 6. The summed E-state index contributed by atoms with van der Waals surface area (Å²) in [7, 11) is 1.54. The molecule has 1 aliphatic heterocycles. The van der Waals surface area contributed by atoms with Crippen molar-refractivity contribution in [1.29, 1.82) is 0 Å². The summed E-state index contributed by atoms with van der Waals surface area (Å²) in [4.78, 5) is 58.3. The number of aromatic nitrogens is 4. The number of rotatable bonds is 11. The highest BCUT2D eigenvalue weighted by atomic mass is 32.1. The van der Waals surface area contributed by atoms with Gasteiger partial charge < -0.3 is 28.8 Å². The van der Waals surface area contributed by atoms with Crippen LogP contribution in [0.3, 0.4) is 0 Å². The zero-order valence-corrected chi connectivity index (χ0v) is 27.6. The lowest BCUT2D eigenvalue weighted by Gasteiger charge is -2.37. The number of thiazole rings is 1. The van der Waals surface area contributed by atoms with Gasteiger partial charge in [0, 0.05) is 55.4 Å². The van der Waals surface area contributed by atoms with E-state index >= 15 is 0 Å². The topological polar surface area (TPSA) is 136 Å². The van der Waals surface area contributed by atoms with E-state index in [0.717, 1.165) is 18.4 Å². The highest BCUT2D eigenvalue weighted by Gasteiger charge is 2.30. The summed E-state index contributed by atoms with van der Waals surface area (Å²) >= 11 is 1.28. The number of unbranched alkanes of at least 4 members (excludes halogenated alkanes) is 1. The van der Waals surface area contributed by atoms with Gasteiger partial charge in [0.1, 0.15) is 27.5 Å². The van der Waals surface area contributed by atoms with E-state index in [2.05, 4.69) is 28.8 Å². The molecule has 12 nitrogen and oxygen atoms in total. The fourth-order valence-corrected chi connectivity index (χ4v) is 6.97. The maximum atomic E-state index is 14.3. The van der Waals surface area contributed by atoms with Crippen LogP contribution in [0.25, 0.3) is 32.0 Å². The minimum absolute atomic E-state index is 0.0272. The summed E-state index contributed by atoms with van der Waals surface area (Å²) in [6.07, 6.45) is 6.09. The zero-order chi connectivity index (χ0) is 33.1. The maximum Gasteiger partial charge on any atom is 0.257 e. The average molecular weight is 656 g/mol. The monoisotopic (exact) mass is 655 g/mol. The Morgan fingerprint density at radius 3 is 2.68 bits per heavy atom. The molecule has 0 radical (unpaired) electrons. The molecule has 0 aliphatic carbocycles. The highest BCUT2D eigenvalue weighted by Crippen LogP contribution is 2.33. The molecule has 5 heterocycles. The number of ether oxygens (including phenoxy) is 1. The van der Waals surface area contributed by atoms with E-state index in [-0.39, 0.29) is 23.8 Å². The number of carbonyl (C=O) groups excluding carboxylic acids is 2. The number of carbonyl (C=O) groups is 2. The van der Waals surface area contributed by atoms with Crippen LogP contribution in [0, 0.1) is 0 Å². The number of benzene rings is 1. The van der Waals surface area contributed by atoms with Crippen LogP contribution in [0.2, 0.25) is 0 Å². The molecule has 2 amide bonds. The Bertz CT molecular complexity index is 2020. The van der Waals surface area contributed by atoms with Crippen molar-refractivity contribution in [2.24, 2.45) is 0 Å². The van der Waals surface area contributed by atoms with Crippen molar-refractivity contribution in [1.82, 2.24) is 29.7 Å². The van der Waals surface area contributed by atoms with Crippen LogP contribution in [-0.4, -0.2) is 69.5 Å². The normalized spacial score (nSPS) is 13.3. The molecule has 1 aromatic carbocycles. The summed E-state index contributed by atoms with van der Waals surface area (Å²) < 4.78 is 13.1. The summed E-state index contributed by atoms with van der Waals surface area (Å²) in [5, 5.41) is 3.56. The van der Waals surface area contributed by atoms with Crippen molar-refractivity contribution in [2.75, 3.05) is 38.2 Å². The smallest absolute Gasteiger partial charge is 0.257 e. The molecule has 5 aromatic rings. The predicted octanol–water partition coefficient (Wildman–Crippen LogP) is 5.01. The molecule has 1 N–H and O–H groups in total. The van der Waals surface area contributed by atoms with Gasteiger partial charge in [-0.3, -0.25) is 14.4 Å². The fraction of sp³-hybridized carbons (Fsp3) is 0.353. The van der Waals surface area contributed by atoms with Crippen molar-refractivity contribution in [3.05, 3.63) is 76.7 Å². The van der Waals surface area contributed by atoms with Gasteiger partial charge in [-0.05, 0) is 37.5 Å². The summed E-state index contributed by atoms with van der Waals surface area (Å²) in [6.45, 7) is 9.77. The maximum absolute atomic E-state index is 14.3. The molecule has 244 valence electrons. The van der Waals surface area contributed by atoms with Crippen LogP contribution in [-0.2, 0) is 17.8 Å². The summed E-state index contributed by atoms with van der Waals surface area (Å²) in [5.41, 5.74) is 4.53. The first-order valence-electron chi connectivity index (χ1n) is 15.7. The standard InChI is InChI=1S/C34H37N7O5S/c1-5-7-9-21(3)37-26(42)19-41-25(6-2)28(29(43)31-32(41)38-33(47-31)22-12-13-35-27(18-22)45-4)39-14-16-40(17-15-39)34(44)23-10-8-11-24-30(23)46-20-36-24/h8,10-13,18,20H,3,5-7,9,14-17,19H2,1-2,4H3,(H,37,42). The van der Waals surface area contributed by atoms with Crippen LogP contribution in [0.5, 0.6) is 5.88 Å². The number of piperazine rings is 1. The third-order valence-corrected chi connectivity index (χ3v) is 9.42. The van der Waals surface area contributed by atoms with Gasteiger partial charge in [0.15, 0.2) is 17.6 Å². The van der Waals surface area contributed by atoms with Crippen molar-refractivity contribution in [2.45, 2.75) is 46.1 Å². The molecule has 0 unspecified atom stereocenters. The second-order valence-corrected chi connectivity index (χ2v) is 12.4. The van der Waals surface area contributed by atoms with Crippen LogP contribution in [0.4, 0.5) is 5.69 Å². The van der Waals surface area contributed by atoms with Crippen LogP contribution < -0.4 is 20.4 Å². The lowest BCUT2D eigenvalue weighted by Crippen LogP contribution is -2.50. The Labute approximate surface area is 275 Å². The number of methoxy groups -OCH3 is 1. The highest BCUT2D eigenvalue weighted by molar-refractivity contribution is 7.21. The molecule has 0 saturated carbocycles. The van der Waals surface area contributed by atoms with Gasteiger partial charge >= 0.3 is 0 Å². The zero-order valence-electron chi connectivity index (χ0n) is 26.7. The second-order valence-electron chi connectivity index (χ2n) is 11.4. The molecule has 4 aromatic heterocycles. The van der Waals surface area contributed by atoms with Gasteiger partial charge in [0.25, 0.3) is 5.91 Å².